The van der Waals surface area contributed by atoms with Gasteiger partial charge < -0.3 is 5.32 Å². The van der Waals surface area contributed by atoms with E-state index in [1.165, 1.54) is 6.07 Å². The molecule has 0 saturated carbocycles. The van der Waals surface area contributed by atoms with Crippen molar-refractivity contribution >= 4 is 5.69 Å². The predicted octanol–water partition coefficient (Wildman–Crippen LogP) is 2.94. The second-order valence-corrected chi connectivity index (χ2v) is 2.54. The second-order valence-electron chi connectivity index (χ2n) is 2.54. The standard InChI is InChI=1S/C9H9F3N/c1-2-13-8-5-3-4-7(6-8)9(10,11)12/h4-6,13H,2H2,1H3. The molecule has 1 nitrogen and oxygen atoms in total. The summed E-state index contributed by atoms with van der Waals surface area (Å²) >= 11 is 0. The summed E-state index contributed by atoms with van der Waals surface area (Å²) in [6, 6.07) is 5.92. The van der Waals surface area contributed by atoms with Gasteiger partial charge in [0.15, 0.2) is 0 Å². The zero-order chi connectivity index (χ0) is 9.90. The molecular weight excluding hydrogens is 179 g/mol. The highest BCUT2D eigenvalue weighted by Crippen LogP contribution is 2.30. The van der Waals surface area contributed by atoms with Crippen LogP contribution in [-0.2, 0) is 6.18 Å². The van der Waals surface area contributed by atoms with Gasteiger partial charge in [-0.05, 0) is 31.2 Å². The number of rotatable bonds is 2. The molecule has 0 aliphatic heterocycles. The number of hydrogen-bond acceptors (Lipinski definition) is 1. The number of alkyl halides is 3. The minimum Gasteiger partial charge on any atom is -0.385 e. The molecule has 0 atom stereocenters. The minimum absolute atomic E-state index is 0.442. The van der Waals surface area contributed by atoms with Gasteiger partial charge in [-0.3, -0.25) is 0 Å². The Morgan fingerprint density at radius 1 is 1.38 bits per heavy atom. The van der Waals surface area contributed by atoms with Crippen LogP contribution in [0.5, 0.6) is 0 Å². The van der Waals surface area contributed by atoms with E-state index >= 15 is 0 Å². The van der Waals surface area contributed by atoms with Gasteiger partial charge in [0.25, 0.3) is 0 Å². The van der Waals surface area contributed by atoms with Crippen molar-refractivity contribution in [1.29, 1.82) is 0 Å². The molecule has 4 heteroatoms. The maximum absolute atomic E-state index is 12.2. The average molecular weight is 188 g/mol. The molecule has 0 fully saturated rings. The van der Waals surface area contributed by atoms with Crippen molar-refractivity contribution in [3.63, 3.8) is 0 Å². The highest BCUT2D eigenvalue weighted by atomic mass is 19.4. The summed E-state index contributed by atoms with van der Waals surface area (Å²) in [7, 11) is 0. The zero-order valence-corrected chi connectivity index (χ0v) is 7.07. The first-order chi connectivity index (χ1) is 6.04. The average Bonchev–Trinajstić information content (AvgIpc) is 2.04. The fraction of sp³-hybridized carbons (Fsp3) is 0.333. The third-order valence-electron chi connectivity index (χ3n) is 1.50. The number of anilines is 1. The van der Waals surface area contributed by atoms with E-state index in [1.807, 2.05) is 6.92 Å². The van der Waals surface area contributed by atoms with Crippen LogP contribution in [0.15, 0.2) is 18.2 Å². The van der Waals surface area contributed by atoms with E-state index in [0.29, 0.717) is 12.2 Å². The molecule has 0 spiro atoms. The molecule has 0 saturated heterocycles. The van der Waals surface area contributed by atoms with Gasteiger partial charge in [-0.2, -0.15) is 13.2 Å². The normalized spacial score (nSPS) is 11.4. The van der Waals surface area contributed by atoms with Crippen LogP contribution < -0.4 is 5.32 Å². The molecule has 0 amide bonds. The molecule has 0 bridgehead atoms. The summed E-state index contributed by atoms with van der Waals surface area (Å²) < 4.78 is 36.5. The third kappa shape index (κ3) is 2.65. The monoisotopic (exact) mass is 188 g/mol. The van der Waals surface area contributed by atoms with Crippen LogP contribution in [-0.4, -0.2) is 6.54 Å². The summed E-state index contributed by atoms with van der Waals surface area (Å²) in [6.45, 7) is 2.41. The molecule has 13 heavy (non-hydrogen) atoms. The Bertz CT molecular complexity index is 280. The molecule has 0 unspecified atom stereocenters. The van der Waals surface area contributed by atoms with Gasteiger partial charge in [0.2, 0.25) is 0 Å². The summed E-state index contributed by atoms with van der Waals surface area (Å²) in [5, 5.41) is 2.79. The molecule has 0 aliphatic carbocycles. The Morgan fingerprint density at radius 3 is 2.62 bits per heavy atom. The SMILES string of the molecule is CCNc1c[c]cc(C(F)(F)F)c1. The molecule has 0 aromatic heterocycles. The number of nitrogens with one attached hydrogen (secondary N) is 1. The van der Waals surface area contributed by atoms with Crippen molar-refractivity contribution < 1.29 is 13.2 Å². The molecule has 0 aliphatic rings. The summed E-state index contributed by atoms with van der Waals surface area (Å²) in [5.41, 5.74) is -0.233. The zero-order valence-electron chi connectivity index (χ0n) is 7.07. The van der Waals surface area contributed by atoms with Gasteiger partial charge in [0.05, 0.1) is 5.56 Å². The van der Waals surface area contributed by atoms with Crippen LogP contribution in [0, 0.1) is 6.07 Å². The molecule has 1 radical (unpaired) electrons. The van der Waals surface area contributed by atoms with Gasteiger partial charge >= 0.3 is 6.18 Å². The molecule has 0 heterocycles. The lowest BCUT2D eigenvalue weighted by Crippen LogP contribution is -2.06. The Hall–Kier alpha value is -1.19. The van der Waals surface area contributed by atoms with Gasteiger partial charge in [-0.25, -0.2) is 0 Å². The molecule has 1 aromatic rings. The largest absolute Gasteiger partial charge is 0.416 e. The van der Waals surface area contributed by atoms with Gasteiger partial charge in [-0.1, -0.05) is 0 Å². The number of benzene rings is 1. The maximum Gasteiger partial charge on any atom is 0.416 e. The van der Waals surface area contributed by atoms with Crippen LogP contribution in [0.3, 0.4) is 0 Å². The maximum atomic E-state index is 12.2. The van der Waals surface area contributed by atoms with E-state index < -0.39 is 11.7 Å². The smallest absolute Gasteiger partial charge is 0.385 e. The molecule has 1 aromatic carbocycles. The molecule has 1 rings (SSSR count). The van der Waals surface area contributed by atoms with Crippen molar-refractivity contribution in [3.8, 4) is 0 Å². The summed E-state index contributed by atoms with van der Waals surface area (Å²) in [4.78, 5) is 0. The fourth-order valence-corrected chi connectivity index (χ4v) is 0.942. The highest BCUT2D eigenvalue weighted by molar-refractivity contribution is 5.45. The van der Waals surface area contributed by atoms with Crippen molar-refractivity contribution in [2.45, 2.75) is 13.1 Å². The van der Waals surface area contributed by atoms with Crippen LogP contribution in [0.1, 0.15) is 12.5 Å². The fourth-order valence-electron chi connectivity index (χ4n) is 0.942. The Morgan fingerprint density at radius 2 is 2.08 bits per heavy atom. The number of halogens is 3. The van der Waals surface area contributed by atoms with Crippen LogP contribution in [0.25, 0.3) is 0 Å². The van der Waals surface area contributed by atoms with Crippen molar-refractivity contribution in [3.05, 3.63) is 29.8 Å². The quantitative estimate of drug-likeness (QED) is 0.752. The first kappa shape index (κ1) is 9.89. The third-order valence-corrected chi connectivity index (χ3v) is 1.50. The predicted molar refractivity (Wildman–Crippen MR) is 44.4 cm³/mol. The van der Waals surface area contributed by atoms with Crippen LogP contribution in [0.2, 0.25) is 0 Å². The lowest BCUT2D eigenvalue weighted by molar-refractivity contribution is -0.137. The van der Waals surface area contributed by atoms with Crippen molar-refractivity contribution in [2.24, 2.45) is 0 Å². The number of hydrogen-bond donors (Lipinski definition) is 1. The topological polar surface area (TPSA) is 12.0 Å². The molecule has 1 N–H and O–H groups in total. The Balaban J connectivity index is 2.92. The van der Waals surface area contributed by atoms with Crippen LogP contribution in [0.4, 0.5) is 18.9 Å². The summed E-state index contributed by atoms with van der Waals surface area (Å²) in [5.74, 6) is 0. The van der Waals surface area contributed by atoms with Crippen LogP contribution >= 0.6 is 0 Å². The lowest BCUT2D eigenvalue weighted by atomic mass is 10.2. The lowest BCUT2D eigenvalue weighted by Gasteiger charge is -2.08. The van der Waals surface area contributed by atoms with Gasteiger partial charge in [-0.15, -0.1) is 0 Å². The van der Waals surface area contributed by atoms with E-state index in [9.17, 15) is 13.2 Å². The van der Waals surface area contributed by atoms with Gasteiger partial charge in [0.1, 0.15) is 0 Å². The van der Waals surface area contributed by atoms with E-state index in [2.05, 4.69) is 11.4 Å². The molecular formula is C9H9F3N. The molecule has 71 valence electrons. The van der Waals surface area contributed by atoms with Gasteiger partial charge in [0, 0.05) is 12.2 Å². The second kappa shape index (κ2) is 3.68. The first-order valence-corrected chi connectivity index (χ1v) is 3.86. The van der Waals surface area contributed by atoms with E-state index in [0.717, 1.165) is 12.1 Å². The van der Waals surface area contributed by atoms with E-state index in [4.69, 9.17) is 0 Å². The van der Waals surface area contributed by atoms with E-state index in [1.54, 1.807) is 0 Å². The minimum atomic E-state index is -4.29. The highest BCUT2D eigenvalue weighted by Gasteiger charge is 2.30. The van der Waals surface area contributed by atoms with Crippen molar-refractivity contribution in [1.82, 2.24) is 0 Å². The first-order valence-electron chi connectivity index (χ1n) is 3.86. The Labute approximate surface area is 74.6 Å². The van der Waals surface area contributed by atoms with Crippen molar-refractivity contribution in [2.75, 3.05) is 11.9 Å². The van der Waals surface area contributed by atoms with E-state index in [-0.39, 0.29) is 0 Å². The Kier molecular flexibility index (Phi) is 2.80. The summed E-state index contributed by atoms with van der Waals surface area (Å²) in [6.07, 6.45) is -4.29.